The Hall–Kier alpha value is -0.200. The number of nitrogens with zero attached hydrogens (tertiary/aromatic N) is 1. The van der Waals surface area contributed by atoms with Crippen molar-refractivity contribution in [3.63, 3.8) is 0 Å². The molecular weight excluding hydrogens is 264 g/mol. The Kier molecular flexibility index (Phi) is 7.24. The third-order valence-electron chi connectivity index (χ3n) is 5.01. The average Bonchev–Trinajstić information content (AvgIpc) is 2.49. The quantitative estimate of drug-likeness (QED) is 0.751. The fraction of sp³-hybridized carbons (Fsp3) is 0.941. The molecule has 2 bridgehead atoms. The Labute approximate surface area is 129 Å². The maximum absolute atomic E-state index is 9.21. The summed E-state index contributed by atoms with van der Waals surface area (Å²) in [6.07, 6.45) is 15.0. The highest BCUT2D eigenvalue weighted by molar-refractivity contribution is 8.00. The van der Waals surface area contributed by atoms with Crippen LogP contribution >= 0.6 is 11.8 Å². The molecule has 20 heavy (non-hydrogen) atoms. The molecule has 4 atom stereocenters. The minimum Gasteiger partial charge on any atom is -0.291 e. The van der Waals surface area contributed by atoms with Crippen LogP contribution < -0.4 is 5.32 Å². The highest BCUT2D eigenvalue weighted by atomic mass is 32.2. The molecule has 114 valence electrons. The molecule has 0 amide bonds. The Bertz CT molecular complexity index is 313. The van der Waals surface area contributed by atoms with Gasteiger partial charge in [0.15, 0.2) is 0 Å². The molecule has 0 aromatic rings. The highest BCUT2D eigenvalue weighted by Crippen LogP contribution is 2.32. The second kappa shape index (κ2) is 8.95. The number of fused-ring (bicyclic) bond motifs is 2. The first-order valence-corrected chi connectivity index (χ1v) is 9.57. The molecule has 0 radical (unpaired) electrons. The zero-order valence-electron chi connectivity index (χ0n) is 12.9. The molecule has 1 N–H and O–H groups in total. The Balaban J connectivity index is 1.88. The van der Waals surface area contributed by atoms with Gasteiger partial charge >= 0.3 is 0 Å². The largest absolute Gasteiger partial charge is 0.291 e. The molecule has 1 aliphatic heterocycles. The standard InChI is InChI=1S/C17H30N2S/c1-2-14-8-4-3-5-10-15-12-16(11-7-6-9-14)20-17(13-18)19-15/h14-17,19H,2-12H2,1H3. The van der Waals surface area contributed by atoms with Crippen LogP contribution in [0.2, 0.25) is 0 Å². The molecule has 1 saturated carbocycles. The summed E-state index contributed by atoms with van der Waals surface area (Å²) < 4.78 is 0. The summed E-state index contributed by atoms with van der Waals surface area (Å²) in [5, 5.41) is 13.5. The van der Waals surface area contributed by atoms with Gasteiger partial charge in [0, 0.05) is 11.3 Å². The number of thioether (sulfide) groups is 1. The van der Waals surface area contributed by atoms with Gasteiger partial charge in [0.25, 0.3) is 0 Å². The predicted octanol–water partition coefficient (Wildman–Crippen LogP) is 4.85. The van der Waals surface area contributed by atoms with E-state index in [-0.39, 0.29) is 5.37 Å². The summed E-state index contributed by atoms with van der Waals surface area (Å²) in [4.78, 5) is 0. The third-order valence-corrected chi connectivity index (χ3v) is 6.34. The second-order valence-electron chi connectivity index (χ2n) is 6.56. The molecule has 1 heterocycles. The fourth-order valence-corrected chi connectivity index (χ4v) is 5.06. The number of rotatable bonds is 1. The van der Waals surface area contributed by atoms with Crippen LogP contribution in [0.5, 0.6) is 0 Å². The van der Waals surface area contributed by atoms with Gasteiger partial charge in [-0.25, -0.2) is 0 Å². The average molecular weight is 295 g/mol. The molecule has 2 aliphatic rings. The first-order chi connectivity index (χ1) is 9.81. The monoisotopic (exact) mass is 294 g/mol. The van der Waals surface area contributed by atoms with Crippen LogP contribution in [0.15, 0.2) is 0 Å². The van der Waals surface area contributed by atoms with Gasteiger partial charge in [-0.15, -0.1) is 11.8 Å². The molecular formula is C17H30N2S. The van der Waals surface area contributed by atoms with Crippen LogP contribution in [0, 0.1) is 17.2 Å². The first kappa shape index (κ1) is 16.2. The highest BCUT2D eigenvalue weighted by Gasteiger charge is 2.28. The van der Waals surface area contributed by atoms with E-state index in [1.165, 1.54) is 70.6 Å². The summed E-state index contributed by atoms with van der Waals surface area (Å²) >= 11 is 1.88. The van der Waals surface area contributed by atoms with Gasteiger partial charge in [-0.1, -0.05) is 58.3 Å². The van der Waals surface area contributed by atoms with Crippen molar-refractivity contribution in [1.29, 1.82) is 5.26 Å². The van der Waals surface area contributed by atoms with Crippen LogP contribution in [0.1, 0.15) is 77.6 Å². The summed E-state index contributed by atoms with van der Waals surface area (Å²) in [6.45, 7) is 2.35. The van der Waals surface area contributed by atoms with E-state index in [1.54, 1.807) is 0 Å². The van der Waals surface area contributed by atoms with Gasteiger partial charge in [-0.2, -0.15) is 5.26 Å². The summed E-state index contributed by atoms with van der Waals surface area (Å²) in [5.74, 6) is 0.966. The van der Waals surface area contributed by atoms with E-state index in [0.29, 0.717) is 11.3 Å². The lowest BCUT2D eigenvalue weighted by atomic mass is 9.92. The van der Waals surface area contributed by atoms with Crippen molar-refractivity contribution in [2.75, 3.05) is 0 Å². The molecule has 1 saturated heterocycles. The van der Waals surface area contributed by atoms with Crippen molar-refractivity contribution in [2.45, 2.75) is 94.2 Å². The lowest BCUT2D eigenvalue weighted by Crippen LogP contribution is -2.43. The molecule has 0 aromatic carbocycles. The molecule has 0 aromatic heterocycles. The maximum Gasteiger partial charge on any atom is 0.142 e. The summed E-state index contributed by atoms with van der Waals surface area (Å²) in [7, 11) is 0. The van der Waals surface area contributed by atoms with Crippen molar-refractivity contribution < 1.29 is 0 Å². The summed E-state index contributed by atoms with van der Waals surface area (Å²) in [5.41, 5.74) is 0. The number of hydrogen-bond acceptors (Lipinski definition) is 3. The zero-order valence-corrected chi connectivity index (χ0v) is 13.8. The van der Waals surface area contributed by atoms with Gasteiger partial charge in [-0.05, 0) is 25.2 Å². The molecule has 2 fully saturated rings. The molecule has 2 nitrogen and oxygen atoms in total. The van der Waals surface area contributed by atoms with Gasteiger partial charge in [0.2, 0.25) is 0 Å². The van der Waals surface area contributed by atoms with E-state index >= 15 is 0 Å². The van der Waals surface area contributed by atoms with Crippen LogP contribution in [-0.4, -0.2) is 16.7 Å². The Morgan fingerprint density at radius 3 is 2.50 bits per heavy atom. The molecule has 3 heteroatoms. The van der Waals surface area contributed by atoms with Crippen LogP contribution in [0.3, 0.4) is 0 Å². The van der Waals surface area contributed by atoms with Gasteiger partial charge in [0.05, 0.1) is 6.07 Å². The maximum atomic E-state index is 9.21. The van der Waals surface area contributed by atoms with Gasteiger partial charge < -0.3 is 0 Å². The van der Waals surface area contributed by atoms with E-state index in [1.807, 2.05) is 11.8 Å². The van der Waals surface area contributed by atoms with Crippen molar-refractivity contribution in [1.82, 2.24) is 5.32 Å². The van der Waals surface area contributed by atoms with E-state index in [9.17, 15) is 5.26 Å². The number of nitriles is 1. The van der Waals surface area contributed by atoms with Gasteiger partial charge in [0.1, 0.15) is 5.37 Å². The first-order valence-electron chi connectivity index (χ1n) is 8.63. The van der Waals surface area contributed by atoms with Crippen molar-refractivity contribution in [3.05, 3.63) is 0 Å². The Morgan fingerprint density at radius 1 is 1.05 bits per heavy atom. The predicted molar refractivity (Wildman–Crippen MR) is 87.7 cm³/mol. The zero-order chi connectivity index (χ0) is 14.2. The van der Waals surface area contributed by atoms with Crippen LogP contribution in [0.25, 0.3) is 0 Å². The lowest BCUT2D eigenvalue weighted by molar-refractivity contribution is 0.395. The summed E-state index contributed by atoms with van der Waals surface area (Å²) in [6, 6.07) is 3.02. The minimum atomic E-state index is 0.0345. The van der Waals surface area contributed by atoms with Crippen LogP contribution in [-0.2, 0) is 0 Å². The van der Waals surface area contributed by atoms with Crippen molar-refractivity contribution >= 4 is 11.8 Å². The van der Waals surface area contributed by atoms with Gasteiger partial charge in [-0.3, -0.25) is 5.32 Å². The molecule has 2 rings (SSSR count). The molecule has 0 spiro atoms. The van der Waals surface area contributed by atoms with Crippen molar-refractivity contribution in [2.24, 2.45) is 5.92 Å². The van der Waals surface area contributed by atoms with Crippen molar-refractivity contribution in [3.8, 4) is 6.07 Å². The minimum absolute atomic E-state index is 0.0345. The Morgan fingerprint density at radius 2 is 1.75 bits per heavy atom. The smallest absolute Gasteiger partial charge is 0.142 e. The van der Waals surface area contributed by atoms with E-state index in [0.717, 1.165) is 5.92 Å². The van der Waals surface area contributed by atoms with E-state index < -0.39 is 0 Å². The number of nitrogens with one attached hydrogen (secondary N) is 1. The van der Waals surface area contributed by atoms with E-state index in [4.69, 9.17) is 0 Å². The SMILES string of the molecule is CCC1CCCCCC2CC(CCCC1)SC(C#N)N2. The van der Waals surface area contributed by atoms with Crippen LogP contribution in [0.4, 0.5) is 0 Å². The molecule has 1 aliphatic carbocycles. The second-order valence-corrected chi connectivity index (χ2v) is 7.97. The topological polar surface area (TPSA) is 35.8 Å². The normalized spacial score (nSPS) is 37.0. The molecule has 4 unspecified atom stereocenters. The van der Waals surface area contributed by atoms with E-state index in [2.05, 4.69) is 18.3 Å². The fourth-order valence-electron chi connectivity index (χ4n) is 3.70. The lowest BCUT2D eigenvalue weighted by Gasteiger charge is -2.33. The number of hydrogen-bond donors (Lipinski definition) is 1. The third kappa shape index (κ3) is 5.30.